The lowest BCUT2D eigenvalue weighted by atomic mass is 10.0. The van der Waals surface area contributed by atoms with Gasteiger partial charge in [-0.1, -0.05) is 39.8 Å². The highest BCUT2D eigenvalue weighted by atomic mass is 79.9. The molecule has 12 heteroatoms. The minimum Gasteiger partial charge on any atom is -0.483 e. The number of halogens is 2. The Hall–Kier alpha value is -3.12. The highest BCUT2D eigenvalue weighted by Crippen LogP contribution is 2.29. The number of hydrogen-bond acceptors (Lipinski definition) is 6. The third-order valence-electron chi connectivity index (χ3n) is 5.70. The Morgan fingerprint density at radius 2 is 0.975 bits per heavy atom. The molecular weight excluding hydrogens is 648 g/mol. The van der Waals surface area contributed by atoms with Crippen molar-refractivity contribution in [3.8, 4) is 11.5 Å². The van der Waals surface area contributed by atoms with Gasteiger partial charge in [-0.05, 0) is 91.9 Å². The number of carbonyl (C=O) groups is 4. The van der Waals surface area contributed by atoms with Crippen LogP contribution in [0.15, 0.2) is 45.3 Å². The number of carbonyl (C=O) groups excluding carboxylic acids is 4. The Balaban J connectivity index is 1.55. The fourth-order valence-electron chi connectivity index (χ4n) is 3.32. The zero-order chi connectivity index (χ0) is 29.7. The normalized spacial score (nSPS) is 10.7. The lowest BCUT2D eigenvalue weighted by molar-refractivity contribution is -0.130. The van der Waals surface area contributed by atoms with Crippen molar-refractivity contribution in [2.75, 3.05) is 13.2 Å². The van der Waals surface area contributed by atoms with E-state index in [-0.39, 0.29) is 26.1 Å². The van der Waals surface area contributed by atoms with Crippen molar-refractivity contribution in [3.63, 3.8) is 0 Å². The summed E-state index contributed by atoms with van der Waals surface area (Å²) in [5.41, 5.74) is 11.5. The quantitative estimate of drug-likeness (QED) is 0.178. The second kappa shape index (κ2) is 16.9. The van der Waals surface area contributed by atoms with Crippen LogP contribution in [0.25, 0.3) is 0 Å². The summed E-state index contributed by atoms with van der Waals surface area (Å²) in [6.07, 6.45) is 1.05. The van der Waals surface area contributed by atoms with Gasteiger partial charge in [-0.3, -0.25) is 40.9 Å². The summed E-state index contributed by atoms with van der Waals surface area (Å²) < 4.78 is 12.5. The largest absolute Gasteiger partial charge is 0.483 e. The van der Waals surface area contributed by atoms with Gasteiger partial charge in [0.25, 0.3) is 11.8 Å². The van der Waals surface area contributed by atoms with Gasteiger partial charge in [-0.15, -0.1) is 0 Å². The predicted molar refractivity (Wildman–Crippen MR) is 158 cm³/mol. The van der Waals surface area contributed by atoms with E-state index in [1.54, 1.807) is 12.1 Å². The van der Waals surface area contributed by atoms with E-state index in [2.05, 4.69) is 81.3 Å². The molecule has 40 heavy (non-hydrogen) atoms. The molecule has 0 fully saturated rings. The van der Waals surface area contributed by atoms with E-state index < -0.39 is 23.6 Å². The minimum atomic E-state index is -0.507. The van der Waals surface area contributed by atoms with Crippen LogP contribution < -0.4 is 31.2 Å². The molecule has 0 spiro atoms. The first-order valence-electron chi connectivity index (χ1n) is 13.0. The average molecular weight is 684 g/mol. The smallest absolute Gasteiger partial charge is 0.276 e. The molecule has 10 nitrogen and oxygen atoms in total. The van der Waals surface area contributed by atoms with Crippen molar-refractivity contribution in [3.05, 3.63) is 56.5 Å². The van der Waals surface area contributed by atoms with Gasteiger partial charge in [0.2, 0.25) is 11.8 Å². The van der Waals surface area contributed by atoms with Crippen LogP contribution in [0, 0.1) is 0 Å². The zero-order valence-corrected chi connectivity index (χ0v) is 26.2. The molecule has 0 aromatic heterocycles. The molecule has 0 saturated carbocycles. The van der Waals surface area contributed by atoms with Gasteiger partial charge in [-0.25, -0.2) is 0 Å². The number of benzene rings is 2. The highest BCUT2D eigenvalue weighted by molar-refractivity contribution is 9.10. The van der Waals surface area contributed by atoms with E-state index in [0.29, 0.717) is 36.2 Å². The summed E-state index contributed by atoms with van der Waals surface area (Å²) in [5, 5.41) is 0. The first kappa shape index (κ1) is 33.1. The van der Waals surface area contributed by atoms with Gasteiger partial charge < -0.3 is 9.47 Å². The van der Waals surface area contributed by atoms with Crippen LogP contribution >= 0.6 is 31.9 Å². The Kier molecular flexibility index (Phi) is 13.9. The van der Waals surface area contributed by atoms with Crippen LogP contribution in [0.2, 0.25) is 0 Å². The molecule has 0 unspecified atom stereocenters. The van der Waals surface area contributed by atoms with E-state index >= 15 is 0 Å². The summed E-state index contributed by atoms with van der Waals surface area (Å²) >= 11 is 6.86. The number of rotatable bonds is 13. The Morgan fingerprint density at radius 1 is 0.625 bits per heavy atom. The molecule has 4 amide bonds. The Labute approximate surface area is 251 Å². The van der Waals surface area contributed by atoms with Gasteiger partial charge >= 0.3 is 0 Å². The molecule has 4 N–H and O–H groups in total. The van der Waals surface area contributed by atoms with Crippen molar-refractivity contribution >= 4 is 55.5 Å². The molecule has 2 aromatic rings. The molecule has 0 bridgehead atoms. The molecule has 2 aromatic carbocycles. The molecule has 0 atom stereocenters. The van der Waals surface area contributed by atoms with Crippen LogP contribution in [0.3, 0.4) is 0 Å². The average Bonchev–Trinajstić information content (AvgIpc) is 2.91. The van der Waals surface area contributed by atoms with Crippen molar-refractivity contribution in [1.82, 2.24) is 21.7 Å². The molecule has 0 aliphatic carbocycles. The molecule has 0 heterocycles. The lowest BCUT2D eigenvalue weighted by Gasteiger charge is -2.12. The first-order chi connectivity index (χ1) is 19.0. The van der Waals surface area contributed by atoms with E-state index in [9.17, 15) is 19.2 Å². The van der Waals surface area contributed by atoms with E-state index in [0.717, 1.165) is 20.1 Å². The van der Waals surface area contributed by atoms with Gasteiger partial charge in [-0.2, -0.15) is 0 Å². The number of hydrazine groups is 2. The van der Waals surface area contributed by atoms with Gasteiger partial charge in [0.05, 0.1) is 8.95 Å². The van der Waals surface area contributed by atoms with Gasteiger partial charge in [0, 0.05) is 12.8 Å². The maximum Gasteiger partial charge on any atom is 0.276 e. The number of amides is 4. The van der Waals surface area contributed by atoms with E-state index in [4.69, 9.17) is 9.47 Å². The monoisotopic (exact) mass is 682 g/mol. The predicted octanol–water partition coefficient (Wildman–Crippen LogP) is 4.77. The van der Waals surface area contributed by atoms with Gasteiger partial charge in [0.1, 0.15) is 11.5 Å². The number of hydrogen-bond donors (Lipinski definition) is 4. The molecular formula is C28H36Br2N4O6. The number of ether oxygens (including phenoxy) is 2. The summed E-state index contributed by atoms with van der Waals surface area (Å²) in [5.74, 6) is -0.0189. The fraction of sp³-hybridized carbons (Fsp3) is 0.429. The van der Waals surface area contributed by atoms with Crippen molar-refractivity contribution < 1.29 is 28.7 Å². The highest BCUT2D eigenvalue weighted by Gasteiger charge is 2.11. The minimum absolute atomic E-state index is 0.112. The molecule has 0 aliphatic heterocycles. The maximum atomic E-state index is 12.0. The summed E-state index contributed by atoms with van der Waals surface area (Å²) in [6.45, 7) is 7.80. The summed E-state index contributed by atoms with van der Waals surface area (Å²) in [6, 6.07) is 11.3. The molecule has 0 radical (unpaired) electrons. The summed E-state index contributed by atoms with van der Waals surface area (Å²) in [7, 11) is 0. The Bertz CT molecular complexity index is 1100. The topological polar surface area (TPSA) is 135 Å². The number of nitrogens with one attached hydrogen (secondary N) is 4. The van der Waals surface area contributed by atoms with E-state index in [1.807, 2.05) is 24.3 Å². The van der Waals surface area contributed by atoms with Crippen LogP contribution in [0.5, 0.6) is 11.5 Å². The maximum absolute atomic E-state index is 12.0. The lowest BCUT2D eigenvalue weighted by Crippen LogP contribution is -2.44. The van der Waals surface area contributed by atoms with Gasteiger partial charge in [0.15, 0.2) is 13.2 Å². The first-order valence-corrected chi connectivity index (χ1v) is 14.5. The van der Waals surface area contributed by atoms with Crippen LogP contribution in [-0.2, 0) is 19.2 Å². The van der Waals surface area contributed by atoms with E-state index in [1.165, 1.54) is 0 Å². The summed E-state index contributed by atoms with van der Waals surface area (Å²) in [4.78, 5) is 47.8. The molecule has 0 saturated heterocycles. The molecule has 2 rings (SSSR count). The SMILES string of the molecule is CC(C)c1ccc(OCC(=O)NNC(=O)CCCCC(=O)NNC(=O)COc2ccc(C(C)C)cc2Br)c(Br)c1. The van der Waals surface area contributed by atoms with Crippen LogP contribution in [0.1, 0.15) is 76.3 Å². The van der Waals surface area contributed by atoms with Crippen LogP contribution in [-0.4, -0.2) is 36.8 Å². The molecule has 218 valence electrons. The van der Waals surface area contributed by atoms with Crippen molar-refractivity contribution in [2.45, 2.75) is 65.2 Å². The van der Waals surface area contributed by atoms with Crippen molar-refractivity contribution in [1.29, 1.82) is 0 Å². The van der Waals surface area contributed by atoms with Crippen LogP contribution in [0.4, 0.5) is 0 Å². The fourth-order valence-corrected chi connectivity index (χ4v) is 4.34. The zero-order valence-electron chi connectivity index (χ0n) is 23.1. The third-order valence-corrected chi connectivity index (χ3v) is 6.94. The Morgan fingerprint density at radius 3 is 1.30 bits per heavy atom. The standard InChI is InChI=1S/C28H36Br2N4O6/c1-17(2)19-9-11-23(21(29)13-19)39-15-27(37)33-31-25(35)7-5-6-8-26(36)32-34-28(38)16-40-24-12-10-20(18(3)4)14-22(24)30/h9-14,17-18H,5-8,15-16H2,1-4H3,(H,31,35)(H,32,36)(H,33,37)(H,34,38). The second-order valence-corrected chi connectivity index (χ2v) is 11.4. The van der Waals surface area contributed by atoms with Crippen molar-refractivity contribution in [2.24, 2.45) is 0 Å². The second-order valence-electron chi connectivity index (χ2n) is 9.67. The number of unbranched alkanes of at least 4 members (excludes halogenated alkanes) is 1. The molecule has 0 aliphatic rings. The third kappa shape index (κ3) is 12.0.